The van der Waals surface area contributed by atoms with Crippen molar-refractivity contribution in [1.82, 2.24) is 0 Å². The topological polar surface area (TPSA) is 78.9 Å². The molecule has 0 aromatic heterocycles. The summed E-state index contributed by atoms with van der Waals surface area (Å²) in [6, 6.07) is 7.58. The van der Waals surface area contributed by atoms with Gasteiger partial charge in [-0.2, -0.15) is 0 Å². The van der Waals surface area contributed by atoms with E-state index in [-0.39, 0.29) is 13.0 Å². The minimum Gasteiger partial charge on any atom is -0.466 e. The van der Waals surface area contributed by atoms with Gasteiger partial charge in [0.2, 0.25) is 0 Å². The van der Waals surface area contributed by atoms with Crippen molar-refractivity contribution in [3.05, 3.63) is 24.3 Å². The lowest BCUT2D eigenvalue weighted by atomic mass is 10.2. The van der Waals surface area contributed by atoms with Crippen LogP contribution in [0, 0.1) is 0 Å². The Morgan fingerprint density at radius 2 is 1.96 bits per heavy atom. The van der Waals surface area contributed by atoms with Gasteiger partial charge in [-0.3, -0.25) is 9.59 Å². The number of nitrogens with one attached hydrogen (secondary N) is 1. The third-order valence-electron chi connectivity index (χ3n) is 4.05. The van der Waals surface area contributed by atoms with E-state index in [0.29, 0.717) is 5.69 Å². The van der Waals surface area contributed by atoms with E-state index >= 15 is 0 Å². The summed E-state index contributed by atoms with van der Waals surface area (Å²) >= 11 is 0. The average Bonchev–Trinajstić information content (AvgIpc) is 2.84. The quantitative estimate of drug-likeness (QED) is 0.781. The van der Waals surface area contributed by atoms with Gasteiger partial charge in [0, 0.05) is 24.5 Å². The maximum Gasteiger partial charge on any atom is 0.308 e. The van der Waals surface area contributed by atoms with Crippen LogP contribution in [0.2, 0.25) is 0 Å². The summed E-state index contributed by atoms with van der Waals surface area (Å²) in [7, 11) is 0. The van der Waals surface area contributed by atoms with Crippen molar-refractivity contribution in [3.8, 4) is 0 Å². The molecule has 0 aliphatic carbocycles. The van der Waals surface area contributed by atoms with Crippen molar-refractivity contribution in [3.63, 3.8) is 0 Å². The maximum absolute atomic E-state index is 12.0. The molecule has 24 heavy (non-hydrogen) atoms. The predicted molar refractivity (Wildman–Crippen MR) is 93.0 cm³/mol. The van der Waals surface area contributed by atoms with E-state index in [9.17, 15) is 14.7 Å². The summed E-state index contributed by atoms with van der Waals surface area (Å²) in [4.78, 5) is 25.7. The molecular formula is C18H26N2O4. The first kappa shape index (κ1) is 18.3. The molecule has 0 unspecified atom stereocenters. The van der Waals surface area contributed by atoms with Gasteiger partial charge < -0.3 is 20.1 Å². The molecule has 6 heteroatoms. The normalized spacial score (nSPS) is 16.2. The largest absolute Gasteiger partial charge is 0.466 e. The van der Waals surface area contributed by atoms with Gasteiger partial charge in [0.05, 0.1) is 13.0 Å². The molecule has 1 aliphatic rings. The molecule has 1 aromatic carbocycles. The van der Waals surface area contributed by atoms with Crippen LogP contribution >= 0.6 is 0 Å². The lowest BCUT2D eigenvalue weighted by Gasteiger charge is -2.23. The van der Waals surface area contributed by atoms with Crippen LogP contribution in [-0.4, -0.2) is 42.8 Å². The van der Waals surface area contributed by atoms with Crippen LogP contribution in [0.15, 0.2) is 24.3 Å². The van der Waals surface area contributed by atoms with Crippen molar-refractivity contribution in [2.45, 2.75) is 45.1 Å². The molecule has 2 N–H and O–H groups in total. The Morgan fingerprint density at radius 3 is 2.62 bits per heavy atom. The maximum atomic E-state index is 12.0. The lowest BCUT2D eigenvalue weighted by molar-refractivity contribution is -0.147. The summed E-state index contributed by atoms with van der Waals surface area (Å²) in [5, 5.41) is 12.5. The number of aliphatic hydroxyl groups excluding tert-OH is 1. The molecule has 1 amide bonds. The number of ether oxygens (including phenoxy) is 1. The Balaban J connectivity index is 1.95. The van der Waals surface area contributed by atoms with E-state index in [1.54, 1.807) is 13.0 Å². The number of benzene rings is 1. The highest BCUT2D eigenvalue weighted by Gasteiger charge is 2.20. The first-order chi connectivity index (χ1) is 11.6. The highest BCUT2D eigenvalue weighted by Crippen LogP contribution is 2.23. The number of rotatable bonds is 6. The Hall–Kier alpha value is -2.08. The number of esters is 1. The molecule has 1 atom stereocenters. The number of anilines is 2. The first-order valence-electron chi connectivity index (χ1n) is 8.59. The standard InChI is InChI=1S/C18H26N2O4/c1-2-24-17(22)13-16(21)18(23)19-14-8-7-9-15(12-14)20-10-5-3-4-6-11-20/h7-9,12,16,21H,2-6,10-11,13H2,1H3,(H,19,23)/t16-/m1/s1. The van der Waals surface area contributed by atoms with Crippen LogP contribution in [0.1, 0.15) is 39.0 Å². The summed E-state index contributed by atoms with van der Waals surface area (Å²) in [6.07, 6.45) is 3.11. The van der Waals surface area contributed by atoms with Crippen molar-refractivity contribution in [1.29, 1.82) is 0 Å². The number of amides is 1. The Bertz CT molecular complexity index is 554. The zero-order valence-electron chi connectivity index (χ0n) is 14.2. The van der Waals surface area contributed by atoms with Crippen LogP contribution in [0.3, 0.4) is 0 Å². The van der Waals surface area contributed by atoms with Crippen LogP contribution in [0.4, 0.5) is 11.4 Å². The van der Waals surface area contributed by atoms with Crippen molar-refractivity contribution < 1.29 is 19.4 Å². The fourth-order valence-electron chi connectivity index (χ4n) is 2.81. The number of nitrogens with zero attached hydrogens (tertiary/aromatic N) is 1. The van der Waals surface area contributed by atoms with E-state index in [1.807, 2.05) is 18.2 Å². The monoisotopic (exact) mass is 334 g/mol. The van der Waals surface area contributed by atoms with E-state index < -0.39 is 18.0 Å². The van der Waals surface area contributed by atoms with E-state index in [4.69, 9.17) is 4.74 Å². The Labute approximate surface area is 142 Å². The van der Waals surface area contributed by atoms with Crippen LogP contribution in [0.5, 0.6) is 0 Å². The van der Waals surface area contributed by atoms with E-state index in [2.05, 4.69) is 10.2 Å². The molecule has 1 fully saturated rings. The van der Waals surface area contributed by atoms with Crippen molar-refractivity contribution >= 4 is 23.3 Å². The van der Waals surface area contributed by atoms with Gasteiger partial charge >= 0.3 is 5.97 Å². The predicted octanol–water partition coefficient (Wildman–Crippen LogP) is 2.32. The fraction of sp³-hybridized carbons (Fsp3) is 0.556. The second-order valence-corrected chi connectivity index (χ2v) is 5.97. The fourth-order valence-corrected chi connectivity index (χ4v) is 2.81. The molecule has 1 heterocycles. The van der Waals surface area contributed by atoms with Gasteiger partial charge in [0.25, 0.3) is 5.91 Å². The second-order valence-electron chi connectivity index (χ2n) is 5.97. The summed E-state index contributed by atoms with van der Waals surface area (Å²) in [5.74, 6) is -1.19. The SMILES string of the molecule is CCOC(=O)C[C@@H](O)C(=O)Nc1cccc(N2CCCCCC2)c1. The van der Waals surface area contributed by atoms with Gasteiger partial charge in [-0.25, -0.2) is 0 Å². The summed E-state index contributed by atoms with van der Waals surface area (Å²) < 4.78 is 4.74. The van der Waals surface area contributed by atoms with E-state index in [0.717, 1.165) is 18.8 Å². The molecule has 0 bridgehead atoms. The smallest absolute Gasteiger partial charge is 0.308 e. The molecule has 0 spiro atoms. The molecule has 1 aliphatic heterocycles. The zero-order chi connectivity index (χ0) is 17.4. The molecule has 1 aromatic rings. The van der Waals surface area contributed by atoms with E-state index in [1.165, 1.54) is 25.7 Å². The summed E-state index contributed by atoms with van der Waals surface area (Å²) in [5.41, 5.74) is 1.68. The van der Waals surface area contributed by atoms with Gasteiger partial charge in [-0.15, -0.1) is 0 Å². The first-order valence-corrected chi connectivity index (χ1v) is 8.59. The minimum absolute atomic E-state index is 0.227. The molecule has 2 rings (SSSR count). The molecule has 6 nitrogen and oxygen atoms in total. The molecule has 132 valence electrons. The Morgan fingerprint density at radius 1 is 1.25 bits per heavy atom. The highest BCUT2D eigenvalue weighted by atomic mass is 16.5. The van der Waals surface area contributed by atoms with Crippen LogP contribution in [-0.2, 0) is 14.3 Å². The highest BCUT2D eigenvalue weighted by molar-refractivity contribution is 5.96. The molecule has 1 saturated heterocycles. The van der Waals surface area contributed by atoms with Gasteiger partial charge in [0.1, 0.15) is 6.10 Å². The summed E-state index contributed by atoms with van der Waals surface area (Å²) in [6.45, 7) is 3.94. The average molecular weight is 334 g/mol. The van der Waals surface area contributed by atoms with Crippen LogP contribution < -0.4 is 10.2 Å². The molecule has 0 saturated carbocycles. The van der Waals surface area contributed by atoms with Gasteiger partial charge in [0.15, 0.2) is 0 Å². The molecule has 0 radical (unpaired) electrons. The third kappa shape index (κ3) is 5.53. The Kier molecular flexibility index (Phi) is 7.06. The minimum atomic E-state index is -1.41. The van der Waals surface area contributed by atoms with Crippen molar-refractivity contribution in [2.75, 3.05) is 29.9 Å². The second kappa shape index (κ2) is 9.27. The number of carbonyl (C=O) groups is 2. The third-order valence-corrected chi connectivity index (χ3v) is 4.05. The number of hydrogen-bond donors (Lipinski definition) is 2. The van der Waals surface area contributed by atoms with Gasteiger partial charge in [-0.05, 0) is 38.0 Å². The van der Waals surface area contributed by atoms with Crippen molar-refractivity contribution in [2.24, 2.45) is 0 Å². The lowest BCUT2D eigenvalue weighted by Crippen LogP contribution is -2.30. The van der Waals surface area contributed by atoms with Gasteiger partial charge in [-0.1, -0.05) is 18.9 Å². The zero-order valence-corrected chi connectivity index (χ0v) is 14.2. The molecular weight excluding hydrogens is 308 g/mol. The number of hydrogen-bond acceptors (Lipinski definition) is 5. The number of aliphatic hydroxyl groups is 1. The number of carbonyl (C=O) groups excluding carboxylic acids is 2. The van der Waals surface area contributed by atoms with Crippen LogP contribution in [0.25, 0.3) is 0 Å².